The number of carbonyl (C=O) groups is 2. The summed E-state index contributed by atoms with van der Waals surface area (Å²) in [7, 11) is 0. The second-order valence-corrected chi connectivity index (χ2v) is 15.0. The van der Waals surface area contributed by atoms with Gasteiger partial charge in [0.15, 0.2) is 0 Å². The Kier molecular flexibility index (Phi) is 27.9. The summed E-state index contributed by atoms with van der Waals surface area (Å²) in [5, 5.41) is 9.99. The second-order valence-electron chi connectivity index (χ2n) is 15.0. The fourth-order valence-electron chi connectivity index (χ4n) is 6.76. The fourth-order valence-corrected chi connectivity index (χ4v) is 6.76. The molecule has 0 aliphatic rings. The van der Waals surface area contributed by atoms with Crippen molar-refractivity contribution in [3.05, 3.63) is 53.6 Å². The highest BCUT2D eigenvalue weighted by molar-refractivity contribution is 6.00. The first-order chi connectivity index (χ1) is 26.0. The van der Waals surface area contributed by atoms with Gasteiger partial charge in [-0.15, -0.1) is 0 Å². The molecule has 0 saturated carbocycles. The molecule has 0 aliphatic carbocycles. The zero-order chi connectivity index (χ0) is 38.0. The molecule has 0 atom stereocenters. The number of rotatable bonds is 34. The van der Waals surface area contributed by atoms with Crippen molar-refractivity contribution >= 4 is 11.8 Å². The van der Waals surface area contributed by atoms with Gasteiger partial charge < -0.3 is 14.6 Å². The summed E-state index contributed by atoms with van der Waals surface area (Å²) in [6, 6.07) is 11.4. The summed E-state index contributed by atoms with van der Waals surface area (Å²) >= 11 is 0. The third-order valence-electron chi connectivity index (χ3n) is 10.1. The second kappa shape index (κ2) is 32.2. The van der Waals surface area contributed by atoms with E-state index in [1.54, 1.807) is 24.3 Å². The lowest BCUT2D eigenvalue weighted by molar-refractivity contribution is 0.0844. The summed E-state index contributed by atoms with van der Waals surface area (Å²) in [5.74, 6) is -0.0870. The number of phenols is 1. The third kappa shape index (κ3) is 23.9. The lowest BCUT2D eigenvalue weighted by atomic mass is 10.0. The minimum absolute atomic E-state index is 0.0789. The quantitative estimate of drug-likeness (QED) is 0.0491. The number of phenolic OH excluding ortho intramolecular Hbond substituents is 1. The monoisotopic (exact) mass is 737 g/mol. The van der Waals surface area contributed by atoms with E-state index < -0.39 is 11.8 Å². The molecule has 0 heterocycles. The number of benzene rings is 2. The Balaban J connectivity index is 1.71. The maximum Gasteiger partial charge on any atom is 0.273 e. The first-order valence-electron chi connectivity index (χ1n) is 21.8. The summed E-state index contributed by atoms with van der Waals surface area (Å²) in [6.45, 7) is 5.69. The van der Waals surface area contributed by atoms with Crippen LogP contribution in [0.4, 0.5) is 0 Å². The predicted molar refractivity (Wildman–Crippen MR) is 221 cm³/mol. The summed E-state index contributed by atoms with van der Waals surface area (Å²) in [4.78, 5) is 25.6. The van der Waals surface area contributed by atoms with Crippen LogP contribution in [0.25, 0.3) is 0 Å². The minimum atomic E-state index is -0.601. The van der Waals surface area contributed by atoms with Crippen LogP contribution in [-0.2, 0) is 0 Å². The molecule has 300 valence electrons. The maximum atomic E-state index is 13.1. The Morgan fingerprint density at radius 1 is 0.472 bits per heavy atom. The van der Waals surface area contributed by atoms with Crippen LogP contribution in [0.3, 0.4) is 0 Å². The number of hydrogen-bond acceptors (Lipinski definition) is 5. The molecule has 0 spiro atoms. The molecule has 0 fully saturated rings. The Labute approximate surface area is 323 Å². The first-order valence-corrected chi connectivity index (χ1v) is 21.8. The third-order valence-corrected chi connectivity index (χ3v) is 10.1. The zero-order valence-corrected chi connectivity index (χ0v) is 33.8. The van der Waals surface area contributed by atoms with Gasteiger partial charge in [-0.3, -0.25) is 20.4 Å². The zero-order valence-electron chi connectivity index (χ0n) is 33.8. The van der Waals surface area contributed by atoms with E-state index in [9.17, 15) is 14.7 Å². The molecule has 0 unspecified atom stereocenters. The van der Waals surface area contributed by atoms with Gasteiger partial charge in [-0.1, -0.05) is 193 Å². The van der Waals surface area contributed by atoms with E-state index in [1.165, 1.54) is 166 Å². The van der Waals surface area contributed by atoms with Gasteiger partial charge in [0.25, 0.3) is 11.8 Å². The molecule has 2 aromatic rings. The van der Waals surface area contributed by atoms with Crippen LogP contribution in [0.15, 0.2) is 42.5 Å². The van der Waals surface area contributed by atoms with Crippen LogP contribution < -0.4 is 20.3 Å². The van der Waals surface area contributed by atoms with Crippen LogP contribution in [-0.4, -0.2) is 30.1 Å². The van der Waals surface area contributed by atoms with Crippen molar-refractivity contribution in [3.63, 3.8) is 0 Å². The number of amides is 2. The smallest absolute Gasteiger partial charge is 0.273 e. The van der Waals surface area contributed by atoms with E-state index in [4.69, 9.17) is 9.47 Å². The van der Waals surface area contributed by atoms with Gasteiger partial charge >= 0.3 is 0 Å². The molecule has 0 saturated heterocycles. The molecule has 0 bridgehead atoms. The van der Waals surface area contributed by atoms with Crippen molar-refractivity contribution < 1.29 is 24.2 Å². The van der Waals surface area contributed by atoms with E-state index in [0.29, 0.717) is 30.3 Å². The van der Waals surface area contributed by atoms with Gasteiger partial charge in [0.1, 0.15) is 17.2 Å². The Morgan fingerprint density at radius 2 is 0.811 bits per heavy atom. The number of unbranched alkanes of at least 4 members (excludes halogenated alkanes) is 26. The largest absolute Gasteiger partial charge is 0.507 e. The van der Waals surface area contributed by atoms with Crippen LogP contribution in [0, 0.1) is 0 Å². The van der Waals surface area contributed by atoms with Gasteiger partial charge in [-0.2, -0.15) is 0 Å². The standard InChI is InChI=1S/C46H76N2O5/c1-3-5-7-9-11-13-15-17-19-21-23-25-27-31-35-52-41-37-40(45(50)47-48-46(51)43-33-29-30-34-44(43)49)38-42(39-41)53-36-32-28-26-24-22-20-18-16-14-12-10-8-6-4-2/h29-30,33-34,37-39,49H,3-28,31-32,35-36H2,1-2H3,(H,47,50)(H,48,51). The molecule has 2 aromatic carbocycles. The van der Waals surface area contributed by atoms with Crippen molar-refractivity contribution in [1.29, 1.82) is 0 Å². The van der Waals surface area contributed by atoms with Crippen molar-refractivity contribution in [2.75, 3.05) is 13.2 Å². The molecule has 0 aromatic heterocycles. The van der Waals surface area contributed by atoms with Crippen LogP contribution in [0.1, 0.15) is 214 Å². The number of ether oxygens (including phenoxy) is 2. The average molecular weight is 737 g/mol. The molecule has 2 rings (SSSR count). The number of nitrogens with one attached hydrogen (secondary N) is 2. The molecule has 0 aliphatic heterocycles. The van der Waals surface area contributed by atoms with E-state index >= 15 is 0 Å². The van der Waals surface area contributed by atoms with E-state index in [0.717, 1.165) is 25.7 Å². The number of para-hydroxylation sites is 1. The van der Waals surface area contributed by atoms with Crippen LogP contribution >= 0.6 is 0 Å². The SMILES string of the molecule is CCCCCCCCCCCCCCCCOc1cc(OCCCCCCCCCCCCCCCC)cc(C(=O)NNC(=O)c2ccccc2O)c1. The van der Waals surface area contributed by atoms with E-state index in [-0.39, 0.29) is 11.3 Å². The van der Waals surface area contributed by atoms with Gasteiger partial charge in [0, 0.05) is 11.6 Å². The Morgan fingerprint density at radius 3 is 1.19 bits per heavy atom. The van der Waals surface area contributed by atoms with Crippen molar-refractivity contribution in [3.8, 4) is 17.2 Å². The molecule has 7 nitrogen and oxygen atoms in total. The fraction of sp³-hybridized carbons (Fsp3) is 0.696. The highest BCUT2D eigenvalue weighted by Crippen LogP contribution is 2.25. The van der Waals surface area contributed by atoms with Gasteiger partial charge in [0.2, 0.25) is 0 Å². The summed E-state index contributed by atoms with van der Waals surface area (Å²) in [5.41, 5.74) is 5.27. The van der Waals surface area contributed by atoms with Gasteiger partial charge in [-0.05, 0) is 37.1 Å². The topological polar surface area (TPSA) is 96.9 Å². The molecule has 0 radical (unpaired) electrons. The molecule has 3 N–H and O–H groups in total. The highest BCUT2D eigenvalue weighted by Gasteiger charge is 2.14. The molecular formula is C46H76N2O5. The predicted octanol–water partition coefficient (Wildman–Crippen LogP) is 13.2. The molecule has 53 heavy (non-hydrogen) atoms. The van der Waals surface area contributed by atoms with Crippen LogP contribution in [0.5, 0.6) is 17.2 Å². The normalized spacial score (nSPS) is 11.1. The molecule has 2 amide bonds. The number of carbonyl (C=O) groups excluding carboxylic acids is 2. The van der Waals surface area contributed by atoms with Gasteiger partial charge in [0.05, 0.1) is 18.8 Å². The van der Waals surface area contributed by atoms with Crippen molar-refractivity contribution in [2.45, 2.75) is 194 Å². The number of aromatic hydroxyl groups is 1. The van der Waals surface area contributed by atoms with E-state index in [1.807, 2.05) is 6.07 Å². The maximum absolute atomic E-state index is 13.1. The highest BCUT2D eigenvalue weighted by atomic mass is 16.5. The average Bonchev–Trinajstić information content (AvgIpc) is 3.17. The van der Waals surface area contributed by atoms with Crippen molar-refractivity contribution in [2.24, 2.45) is 0 Å². The lowest BCUT2D eigenvalue weighted by Gasteiger charge is -2.13. The Bertz CT molecular complexity index is 1150. The molecule has 7 heteroatoms. The summed E-state index contributed by atoms with van der Waals surface area (Å²) in [6.07, 6.45) is 36.5. The van der Waals surface area contributed by atoms with Crippen LogP contribution in [0.2, 0.25) is 0 Å². The Hall–Kier alpha value is -3.22. The van der Waals surface area contributed by atoms with Gasteiger partial charge in [-0.25, -0.2) is 0 Å². The first kappa shape index (κ1) is 45.9. The summed E-state index contributed by atoms with van der Waals surface area (Å²) < 4.78 is 12.2. The molecular weight excluding hydrogens is 661 g/mol. The van der Waals surface area contributed by atoms with Crippen molar-refractivity contribution in [1.82, 2.24) is 10.9 Å². The minimum Gasteiger partial charge on any atom is -0.507 e. The van der Waals surface area contributed by atoms with E-state index in [2.05, 4.69) is 24.7 Å². The number of hydrogen-bond donors (Lipinski definition) is 3. The number of hydrazine groups is 1. The lowest BCUT2D eigenvalue weighted by Crippen LogP contribution is -2.41.